The van der Waals surface area contributed by atoms with Gasteiger partial charge in [0.1, 0.15) is 5.58 Å². The van der Waals surface area contributed by atoms with E-state index in [4.69, 9.17) is 13.9 Å². The summed E-state index contributed by atoms with van der Waals surface area (Å²) in [6.07, 6.45) is 4.69. The van der Waals surface area contributed by atoms with Crippen molar-refractivity contribution >= 4 is 28.6 Å². The summed E-state index contributed by atoms with van der Waals surface area (Å²) in [6, 6.07) is 16.5. The molecule has 2 aliphatic rings. The highest BCUT2D eigenvalue weighted by Gasteiger charge is 2.44. The lowest BCUT2D eigenvalue weighted by atomic mass is 9.76. The van der Waals surface area contributed by atoms with Gasteiger partial charge in [-0.2, -0.15) is 0 Å². The van der Waals surface area contributed by atoms with Crippen LogP contribution < -0.4 is 0 Å². The van der Waals surface area contributed by atoms with Gasteiger partial charge in [0.25, 0.3) is 0 Å². The Balaban J connectivity index is 1.31. The van der Waals surface area contributed by atoms with E-state index < -0.39 is 12.0 Å². The number of fused-ring (bicyclic) bond motifs is 1. The molecule has 1 aromatic heterocycles. The highest BCUT2D eigenvalue weighted by molar-refractivity contribution is 5.95. The summed E-state index contributed by atoms with van der Waals surface area (Å²) in [4.78, 5) is 42.2. The number of methoxy groups -OCH3 is 1. The molecule has 3 atom stereocenters. The molecule has 43 heavy (non-hydrogen) atoms. The van der Waals surface area contributed by atoms with Crippen LogP contribution in [0.2, 0.25) is 0 Å². The summed E-state index contributed by atoms with van der Waals surface area (Å²) in [5.74, 6) is -0.220. The molecule has 1 saturated carbocycles. The smallest absolute Gasteiger partial charge is 0.374 e. The summed E-state index contributed by atoms with van der Waals surface area (Å²) in [5, 5.41) is 0.715. The fourth-order valence-corrected chi connectivity index (χ4v) is 6.83. The van der Waals surface area contributed by atoms with Gasteiger partial charge >= 0.3 is 5.97 Å². The number of Topliss-reactive ketones (excluding diaryl/α,β-unsaturated/α-hetero) is 1. The molecule has 5 rings (SSSR count). The largest absolute Gasteiger partial charge is 0.460 e. The quantitative estimate of drug-likeness (QED) is 0.176. The fraction of sp³-hybridized carbons (Fsp3) is 0.514. The van der Waals surface area contributed by atoms with Crippen molar-refractivity contribution in [3.05, 3.63) is 71.5 Å². The second-order valence-corrected chi connectivity index (χ2v) is 12.1. The number of hydrogen-bond acceptors (Lipinski definition) is 6. The molecular formula is C35H42FNO6. The molecule has 0 radical (unpaired) electrons. The van der Waals surface area contributed by atoms with Crippen LogP contribution in [0.5, 0.6) is 0 Å². The van der Waals surface area contributed by atoms with E-state index >= 15 is 0 Å². The highest BCUT2D eigenvalue weighted by Crippen LogP contribution is 2.39. The van der Waals surface area contributed by atoms with E-state index in [1.165, 1.54) is 0 Å². The van der Waals surface area contributed by atoms with Gasteiger partial charge in [0.2, 0.25) is 11.7 Å². The van der Waals surface area contributed by atoms with Crippen LogP contribution in [0.1, 0.15) is 73.0 Å². The SMILES string of the molecule is COCCCOC(=O)c1cc2cc(CC(=O)[C@@H]3[C@H](c4ccccc4)CCN3C(=O)C3CCC([C@H](C)CF)CC3)ccc2o1. The van der Waals surface area contributed by atoms with E-state index in [2.05, 4.69) is 0 Å². The van der Waals surface area contributed by atoms with Gasteiger partial charge in [-0.05, 0) is 73.3 Å². The minimum atomic E-state index is -0.546. The van der Waals surface area contributed by atoms with E-state index in [1.54, 1.807) is 19.2 Å². The number of carbonyl (C=O) groups is 3. The van der Waals surface area contributed by atoms with Crippen molar-refractivity contribution < 1.29 is 32.7 Å². The minimum Gasteiger partial charge on any atom is -0.460 e. The molecular weight excluding hydrogens is 549 g/mol. The van der Waals surface area contributed by atoms with E-state index in [-0.39, 0.29) is 54.9 Å². The summed E-state index contributed by atoms with van der Waals surface area (Å²) in [5.41, 5.74) is 2.40. The third kappa shape index (κ3) is 7.18. The fourth-order valence-electron chi connectivity index (χ4n) is 6.83. The second kappa shape index (κ2) is 14.3. The number of ether oxygens (including phenoxy) is 2. The number of alkyl halides is 1. The van der Waals surface area contributed by atoms with E-state index in [0.29, 0.717) is 36.5 Å². The van der Waals surface area contributed by atoms with Crippen molar-refractivity contribution in [2.45, 2.75) is 63.8 Å². The Labute approximate surface area is 252 Å². The Bertz CT molecular complexity index is 1400. The molecule has 0 bridgehead atoms. The molecule has 1 aliphatic heterocycles. The molecule has 0 unspecified atom stereocenters. The minimum absolute atomic E-state index is 0.0000571. The zero-order chi connectivity index (χ0) is 30.3. The Kier molecular flexibility index (Phi) is 10.3. The first-order valence-electron chi connectivity index (χ1n) is 15.5. The first-order chi connectivity index (χ1) is 20.9. The van der Waals surface area contributed by atoms with Crippen LogP contribution in [0.4, 0.5) is 4.39 Å². The number of hydrogen-bond donors (Lipinski definition) is 0. The molecule has 1 aliphatic carbocycles. The van der Waals surface area contributed by atoms with Gasteiger partial charge in [0.15, 0.2) is 5.78 Å². The van der Waals surface area contributed by atoms with Gasteiger partial charge in [-0.1, -0.05) is 43.3 Å². The van der Waals surface area contributed by atoms with E-state index in [0.717, 1.165) is 43.2 Å². The average Bonchev–Trinajstić information content (AvgIpc) is 3.68. The van der Waals surface area contributed by atoms with Crippen LogP contribution in [-0.2, 0) is 25.5 Å². The molecule has 0 spiro atoms. The van der Waals surface area contributed by atoms with E-state index in [9.17, 15) is 18.8 Å². The number of amides is 1. The standard InChI is InChI=1S/C35H42FNO6/c1-23(22-36)25-10-12-27(13-11-25)34(39)37-16-15-29(26-7-4-3-5-8-26)33(37)30(38)20-24-9-14-31-28(19-24)21-32(43-31)35(40)42-18-6-17-41-2/h3-5,7-9,14,19,21,23,25,27,29,33H,6,10-13,15-18,20,22H2,1-2H3/t23-,25?,27?,29+,33+/m1/s1. The number of carbonyl (C=O) groups excluding carboxylic acids is 3. The Morgan fingerprint density at radius 2 is 1.77 bits per heavy atom. The van der Waals surface area contributed by atoms with Crippen molar-refractivity contribution in [2.24, 2.45) is 17.8 Å². The van der Waals surface area contributed by atoms with Gasteiger partial charge in [0, 0.05) is 50.3 Å². The molecule has 1 amide bonds. The normalized spacial score (nSPS) is 22.9. The second-order valence-electron chi connectivity index (χ2n) is 12.1. The van der Waals surface area contributed by atoms with Crippen molar-refractivity contribution in [1.29, 1.82) is 0 Å². The van der Waals surface area contributed by atoms with Gasteiger partial charge in [0.05, 0.1) is 19.3 Å². The van der Waals surface area contributed by atoms with Crippen molar-refractivity contribution in [2.75, 3.05) is 33.5 Å². The van der Waals surface area contributed by atoms with Gasteiger partial charge in [-0.25, -0.2) is 4.79 Å². The monoisotopic (exact) mass is 591 g/mol. The maximum absolute atomic E-state index is 14.1. The van der Waals surface area contributed by atoms with Crippen LogP contribution in [0.15, 0.2) is 59.0 Å². The predicted molar refractivity (Wildman–Crippen MR) is 162 cm³/mol. The number of esters is 1. The van der Waals surface area contributed by atoms with Crippen LogP contribution in [0, 0.1) is 17.8 Å². The van der Waals surface area contributed by atoms with Crippen molar-refractivity contribution in [3.63, 3.8) is 0 Å². The number of likely N-dealkylation sites (tertiary alicyclic amines) is 1. The van der Waals surface area contributed by atoms with Crippen molar-refractivity contribution in [1.82, 2.24) is 4.90 Å². The number of benzene rings is 2. The first-order valence-corrected chi connectivity index (χ1v) is 15.5. The maximum Gasteiger partial charge on any atom is 0.374 e. The number of nitrogens with zero attached hydrogens (tertiary/aromatic N) is 1. The molecule has 3 aromatic rings. The molecule has 0 N–H and O–H groups in total. The van der Waals surface area contributed by atoms with Crippen LogP contribution in [-0.4, -0.2) is 62.1 Å². The third-order valence-electron chi connectivity index (χ3n) is 9.29. The molecule has 2 fully saturated rings. The Morgan fingerprint density at radius 3 is 2.49 bits per heavy atom. The average molecular weight is 592 g/mol. The molecule has 7 nitrogen and oxygen atoms in total. The van der Waals surface area contributed by atoms with Gasteiger partial charge in [-0.15, -0.1) is 0 Å². The maximum atomic E-state index is 14.1. The summed E-state index contributed by atoms with van der Waals surface area (Å²) in [6.45, 7) is 2.91. The first kappa shape index (κ1) is 30.9. The lowest BCUT2D eigenvalue weighted by Crippen LogP contribution is -2.46. The zero-order valence-corrected chi connectivity index (χ0v) is 25.1. The molecule has 230 valence electrons. The van der Waals surface area contributed by atoms with Crippen molar-refractivity contribution in [3.8, 4) is 0 Å². The van der Waals surface area contributed by atoms with Gasteiger partial charge in [-0.3, -0.25) is 14.0 Å². The molecule has 8 heteroatoms. The Hall–Kier alpha value is -3.52. The topological polar surface area (TPSA) is 86.0 Å². The third-order valence-corrected chi connectivity index (χ3v) is 9.29. The van der Waals surface area contributed by atoms with E-state index in [1.807, 2.05) is 54.3 Å². The highest BCUT2D eigenvalue weighted by atomic mass is 19.1. The summed E-state index contributed by atoms with van der Waals surface area (Å²) >= 11 is 0. The summed E-state index contributed by atoms with van der Waals surface area (Å²) < 4.78 is 29.2. The van der Waals surface area contributed by atoms with Crippen LogP contribution >= 0.6 is 0 Å². The van der Waals surface area contributed by atoms with Gasteiger partial charge < -0.3 is 18.8 Å². The summed E-state index contributed by atoms with van der Waals surface area (Å²) in [7, 11) is 1.59. The molecule has 2 heterocycles. The molecule has 1 saturated heterocycles. The Morgan fingerprint density at radius 1 is 1.00 bits per heavy atom. The number of rotatable bonds is 12. The van der Waals surface area contributed by atoms with Crippen LogP contribution in [0.3, 0.4) is 0 Å². The molecule has 2 aromatic carbocycles. The number of ketones is 1. The number of halogens is 1. The lowest BCUT2D eigenvalue weighted by molar-refractivity contribution is -0.142. The number of furan rings is 1. The predicted octanol–water partition coefficient (Wildman–Crippen LogP) is 6.53. The lowest BCUT2D eigenvalue weighted by Gasteiger charge is -2.35. The zero-order valence-electron chi connectivity index (χ0n) is 25.1. The van der Waals surface area contributed by atoms with Crippen LogP contribution in [0.25, 0.3) is 11.0 Å².